The van der Waals surface area contributed by atoms with Gasteiger partial charge in [-0.3, -0.25) is 0 Å². The highest BCUT2D eigenvalue weighted by Gasteiger charge is 2.15. The summed E-state index contributed by atoms with van der Waals surface area (Å²) in [6, 6.07) is 17.3. The minimum Gasteiger partial charge on any atom is -0.103 e. The Labute approximate surface area is 110 Å². The van der Waals surface area contributed by atoms with E-state index >= 15 is 0 Å². The average molecular weight is 236 g/mol. The van der Waals surface area contributed by atoms with Gasteiger partial charge >= 0.3 is 0 Å². The number of aryl methyl sites for hydroxylation is 2. The fraction of sp³-hybridized carbons (Fsp3) is 0.222. The van der Waals surface area contributed by atoms with Gasteiger partial charge in [0.05, 0.1) is 0 Å². The van der Waals surface area contributed by atoms with E-state index in [4.69, 9.17) is 0 Å². The molecule has 0 heteroatoms. The molecule has 0 fully saturated rings. The van der Waals surface area contributed by atoms with Crippen molar-refractivity contribution in [2.45, 2.75) is 26.2 Å². The van der Waals surface area contributed by atoms with E-state index < -0.39 is 0 Å². The number of allylic oxidation sites excluding steroid dienone is 1. The van der Waals surface area contributed by atoms with Crippen LogP contribution in [-0.2, 0) is 0 Å². The molecule has 0 aliphatic heterocycles. The molecule has 18 heavy (non-hydrogen) atoms. The summed E-state index contributed by atoms with van der Waals surface area (Å²) in [6.45, 7) is 8.28. The third kappa shape index (κ3) is 2.53. The molecule has 0 atom stereocenters. The summed E-state index contributed by atoms with van der Waals surface area (Å²) in [5.41, 5.74) is 5.53. The summed E-state index contributed by atoms with van der Waals surface area (Å²) in [5, 5.41) is 0. The zero-order valence-corrected chi connectivity index (χ0v) is 11.2. The van der Waals surface area contributed by atoms with Crippen molar-refractivity contribution >= 4 is 0 Å². The van der Waals surface area contributed by atoms with Crippen molar-refractivity contribution in [3.05, 3.63) is 83.4 Å². The molecule has 2 aromatic carbocycles. The first-order valence-electron chi connectivity index (χ1n) is 6.46. The Balaban J connectivity index is 2.50. The van der Waals surface area contributed by atoms with Crippen LogP contribution in [-0.4, -0.2) is 0 Å². The lowest BCUT2D eigenvalue weighted by Crippen LogP contribution is -2.04. The Morgan fingerprint density at radius 2 is 1.33 bits per heavy atom. The van der Waals surface area contributed by atoms with Gasteiger partial charge in [0.25, 0.3) is 0 Å². The van der Waals surface area contributed by atoms with Crippen LogP contribution in [0.5, 0.6) is 0 Å². The molecule has 0 saturated heterocycles. The highest BCUT2D eigenvalue weighted by Crippen LogP contribution is 2.32. The monoisotopic (exact) mass is 236 g/mol. The van der Waals surface area contributed by atoms with Crippen LogP contribution in [0.2, 0.25) is 0 Å². The van der Waals surface area contributed by atoms with Crippen LogP contribution in [0.1, 0.15) is 34.6 Å². The van der Waals surface area contributed by atoms with Crippen LogP contribution in [0.25, 0.3) is 0 Å². The first kappa shape index (κ1) is 12.6. The summed E-state index contributed by atoms with van der Waals surface area (Å²) < 4.78 is 0. The molecule has 0 spiro atoms. The smallest absolute Gasteiger partial charge is 0.0129 e. The highest BCUT2D eigenvalue weighted by atomic mass is 14.2. The van der Waals surface area contributed by atoms with Gasteiger partial charge < -0.3 is 0 Å². The lowest BCUT2D eigenvalue weighted by atomic mass is 9.84. The van der Waals surface area contributed by atoms with E-state index in [1.165, 1.54) is 22.3 Å². The van der Waals surface area contributed by atoms with Gasteiger partial charge in [0.2, 0.25) is 0 Å². The van der Waals surface area contributed by atoms with Crippen LogP contribution in [0, 0.1) is 13.8 Å². The molecule has 0 bridgehead atoms. The molecule has 0 radical (unpaired) electrons. The van der Waals surface area contributed by atoms with E-state index in [1.807, 2.05) is 6.08 Å². The molecule has 0 amide bonds. The van der Waals surface area contributed by atoms with Crippen LogP contribution in [0.4, 0.5) is 0 Å². The molecule has 2 rings (SSSR count). The van der Waals surface area contributed by atoms with Crippen molar-refractivity contribution in [1.82, 2.24) is 0 Å². The molecule has 2 aromatic rings. The molecular weight excluding hydrogens is 216 g/mol. The number of hydrogen-bond donors (Lipinski definition) is 0. The number of benzene rings is 2. The predicted molar refractivity (Wildman–Crippen MR) is 79.0 cm³/mol. The molecule has 0 aromatic heterocycles. The molecule has 0 unspecified atom stereocenters. The van der Waals surface area contributed by atoms with Gasteiger partial charge in [-0.25, -0.2) is 0 Å². The molecular formula is C18H20. The second-order valence-corrected chi connectivity index (χ2v) is 4.79. The normalized spacial score (nSPS) is 10.6. The fourth-order valence-electron chi connectivity index (χ4n) is 2.54. The topological polar surface area (TPSA) is 0 Å². The van der Waals surface area contributed by atoms with E-state index in [-0.39, 0.29) is 0 Å². The van der Waals surface area contributed by atoms with Crippen molar-refractivity contribution in [2.75, 3.05) is 0 Å². The average Bonchev–Trinajstić information content (AvgIpc) is 2.38. The van der Waals surface area contributed by atoms with Crippen LogP contribution < -0.4 is 0 Å². The van der Waals surface area contributed by atoms with Crippen molar-refractivity contribution in [3.63, 3.8) is 0 Å². The second kappa shape index (κ2) is 5.68. The van der Waals surface area contributed by atoms with Crippen LogP contribution in [0.3, 0.4) is 0 Å². The number of hydrogen-bond acceptors (Lipinski definition) is 0. The first-order chi connectivity index (χ1) is 8.74. The van der Waals surface area contributed by atoms with Gasteiger partial charge in [-0.1, -0.05) is 54.6 Å². The van der Waals surface area contributed by atoms with E-state index in [2.05, 4.69) is 69.0 Å². The molecule has 0 heterocycles. The Hall–Kier alpha value is -1.82. The molecule has 0 saturated carbocycles. The van der Waals surface area contributed by atoms with Gasteiger partial charge in [0.1, 0.15) is 0 Å². The Morgan fingerprint density at radius 3 is 1.72 bits per heavy atom. The Kier molecular flexibility index (Phi) is 3.99. The molecule has 92 valence electrons. The van der Waals surface area contributed by atoms with Gasteiger partial charge in [-0.2, -0.15) is 0 Å². The van der Waals surface area contributed by atoms with E-state index in [1.54, 1.807) is 0 Å². The van der Waals surface area contributed by atoms with Crippen molar-refractivity contribution in [3.8, 4) is 0 Å². The highest BCUT2D eigenvalue weighted by molar-refractivity contribution is 5.41. The largest absolute Gasteiger partial charge is 0.103 e. The molecule has 0 nitrogen and oxygen atoms in total. The maximum atomic E-state index is 3.91. The maximum Gasteiger partial charge on any atom is 0.0129 e. The summed E-state index contributed by atoms with van der Waals surface area (Å²) in [4.78, 5) is 0. The Morgan fingerprint density at radius 1 is 0.889 bits per heavy atom. The Bertz CT molecular complexity index is 492. The van der Waals surface area contributed by atoms with Crippen LogP contribution in [0.15, 0.2) is 61.2 Å². The third-order valence-electron chi connectivity index (χ3n) is 3.53. The van der Waals surface area contributed by atoms with Crippen molar-refractivity contribution < 1.29 is 0 Å². The van der Waals surface area contributed by atoms with Gasteiger partial charge in [-0.05, 0) is 42.5 Å². The van der Waals surface area contributed by atoms with Gasteiger partial charge in [-0.15, -0.1) is 6.58 Å². The standard InChI is InChI=1S/C18H20/c1-4-9-18(16-12-7-5-10-14(16)2)17-13-8-6-11-15(17)3/h4-8,10-13,18H,1,9H2,2-3H3. The summed E-state index contributed by atoms with van der Waals surface area (Å²) >= 11 is 0. The second-order valence-electron chi connectivity index (χ2n) is 4.79. The van der Waals surface area contributed by atoms with Crippen molar-refractivity contribution in [2.24, 2.45) is 0 Å². The first-order valence-corrected chi connectivity index (χ1v) is 6.46. The SMILES string of the molecule is C=CCC(c1ccccc1C)c1ccccc1C. The zero-order chi connectivity index (χ0) is 13.0. The molecule has 0 aliphatic rings. The van der Waals surface area contributed by atoms with E-state index in [0.717, 1.165) is 6.42 Å². The van der Waals surface area contributed by atoms with Gasteiger partial charge in [0, 0.05) is 5.92 Å². The molecule has 0 N–H and O–H groups in total. The summed E-state index contributed by atoms with van der Waals surface area (Å²) in [7, 11) is 0. The zero-order valence-electron chi connectivity index (χ0n) is 11.2. The summed E-state index contributed by atoms with van der Waals surface area (Å²) in [6.07, 6.45) is 3.00. The minimum absolute atomic E-state index is 0.421. The number of rotatable bonds is 4. The quantitative estimate of drug-likeness (QED) is 0.654. The molecule has 0 aliphatic carbocycles. The maximum absolute atomic E-state index is 3.91. The lowest BCUT2D eigenvalue weighted by Gasteiger charge is -2.20. The van der Waals surface area contributed by atoms with Crippen LogP contribution >= 0.6 is 0 Å². The van der Waals surface area contributed by atoms with Crippen molar-refractivity contribution in [1.29, 1.82) is 0 Å². The lowest BCUT2D eigenvalue weighted by molar-refractivity contribution is 0.815. The van der Waals surface area contributed by atoms with E-state index in [9.17, 15) is 0 Å². The summed E-state index contributed by atoms with van der Waals surface area (Å²) in [5.74, 6) is 0.421. The predicted octanol–water partition coefficient (Wildman–Crippen LogP) is 5.01. The van der Waals surface area contributed by atoms with Gasteiger partial charge in [0.15, 0.2) is 0 Å². The minimum atomic E-state index is 0.421. The van der Waals surface area contributed by atoms with E-state index in [0.29, 0.717) is 5.92 Å². The third-order valence-corrected chi connectivity index (χ3v) is 3.53. The fourth-order valence-corrected chi connectivity index (χ4v) is 2.54.